The van der Waals surface area contributed by atoms with E-state index in [1.54, 1.807) is 6.07 Å². The van der Waals surface area contributed by atoms with Gasteiger partial charge in [-0.15, -0.1) is 0 Å². The number of hydrogen-bond acceptors (Lipinski definition) is 2. The first-order chi connectivity index (χ1) is 9.43. The van der Waals surface area contributed by atoms with Crippen LogP contribution in [0, 0.1) is 5.21 Å². The number of hydrogen-bond donors (Lipinski definition) is 0. The molecule has 0 amide bonds. The molecule has 0 unspecified atom stereocenters. The van der Waals surface area contributed by atoms with E-state index < -0.39 is 11.7 Å². The molecule has 0 atom stereocenters. The van der Waals surface area contributed by atoms with Crippen LogP contribution in [-0.4, -0.2) is 0 Å². The highest BCUT2D eigenvalue weighted by atomic mass is 19.4. The molecule has 0 aliphatic carbocycles. The summed E-state index contributed by atoms with van der Waals surface area (Å²) < 4.78 is 44.1. The molecular formula is C14H8F3NO2. The van der Waals surface area contributed by atoms with Crippen molar-refractivity contribution in [2.75, 3.05) is 0 Å². The van der Waals surface area contributed by atoms with Crippen molar-refractivity contribution < 1.29 is 22.3 Å². The zero-order valence-corrected chi connectivity index (χ0v) is 10.0. The number of furan rings is 1. The van der Waals surface area contributed by atoms with Crippen LogP contribution in [-0.2, 0) is 6.18 Å². The average Bonchev–Trinajstić information content (AvgIpc) is 2.81. The lowest BCUT2D eigenvalue weighted by Gasteiger charge is -2.07. The van der Waals surface area contributed by atoms with E-state index in [1.807, 2.05) is 0 Å². The molecule has 0 saturated carbocycles. The molecule has 6 heteroatoms. The molecule has 2 aromatic heterocycles. The van der Waals surface area contributed by atoms with Gasteiger partial charge in [0.15, 0.2) is 12.4 Å². The van der Waals surface area contributed by atoms with Crippen molar-refractivity contribution in [1.82, 2.24) is 0 Å². The number of fused-ring (bicyclic) bond motifs is 1. The zero-order valence-electron chi connectivity index (χ0n) is 10.0. The maximum absolute atomic E-state index is 12.7. The van der Waals surface area contributed by atoms with Crippen LogP contribution in [0.4, 0.5) is 13.2 Å². The molecule has 0 aliphatic rings. The molecule has 3 aromatic rings. The molecule has 0 radical (unpaired) electrons. The highest BCUT2D eigenvalue weighted by Crippen LogP contribution is 2.33. The summed E-state index contributed by atoms with van der Waals surface area (Å²) in [5.74, 6) is 0.289. The fourth-order valence-corrected chi connectivity index (χ4v) is 1.96. The number of nitrogens with zero attached hydrogens (tertiary/aromatic N) is 1. The summed E-state index contributed by atoms with van der Waals surface area (Å²) in [7, 11) is 0. The molecule has 0 aliphatic heterocycles. The Kier molecular flexibility index (Phi) is 2.67. The van der Waals surface area contributed by atoms with Gasteiger partial charge in [0, 0.05) is 11.6 Å². The van der Waals surface area contributed by atoms with Gasteiger partial charge in [-0.05, 0) is 18.2 Å². The third-order valence-electron chi connectivity index (χ3n) is 2.90. The lowest BCUT2D eigenvalue weighted by atomic mass is 10.1. The van der Waals surface area contributed by atoms with Crippen molar-refractivity contribution in [2.45, 2.75) is 6.18 Å². The fourth-order valence-electron chi connectivity index (χ4n) is 1.96. The Morgan fingerprint density at radius 3 is 2.65 bits per heavy atom. The first-order valence-corrected chi connectivity index (χ1v) is 5.73. The second-order valence-corrected chi connectivity index (χ2v) is 4.31. The number of alkyl halides is 3. The lowest BCUT2D eigenvalue weighted by Crippen LogP contribution is -2.23. The topological polar surface area (TPSA) is 40.1 Å². The smallest absolute Gasteiger partial charge is 0.416 e. The van der Waals surface area contributed by atoms with Crippen LogP contribution in [0.1, 0.15) is 5.56 Å². The minimum Gasteiger partial charge on any atom is -0.619 e. The molecule has 3 nitrogen and oxygen atoms in total. The fraction of sp³-hybridized carbons (Fsp3) is 0.0714. The van der Waals surface area contributed by atoms with Gasteiger partial charge in [0.2, 0.25) is 0 Å². The number of halogens is 3. The van der Waals surface area contributed by atoms with Crippen LogP contribution in [0.3, 0.4) is 0 Å². The van der Waals surface area contributed by atoms with Crippen molar-refractivity contribution in [3.63, 3.8) is 0 Å². The van der Waals surface area contributed by atoms with E-state index >= 15 is 0 Å². The van der Waals surface area contributed by atoms with Crippen LogP contribution < -0.4 is 4.73 Å². The van der Waals surface area contributed by atoms with Crippen molar-refractivity contribution in [3.8, 4) is 11.3 Å². The summed E-state index contributed by atoms with van der Waals surface area (Å²) in [6.07, 6.45) is -1.84. The zero-order chi connectivity index (χ0) is 14.3. The van der Waals surface area contributed by atoms with Gasteiger partial charge in [0.05, 0.1) is 10.9 Å². The van der Waals surface area contributed by atoms with E-state index in [0.29, 0.717) is 21.3 Å². The van der Waals surface area contributed by atoms with E-state index in [-0.39, 0.29) is 5.76 Å². The van der Waals surface area contributed by atoms with Crippen LogP contribution in [0.15, 0.2) is 53.2 Å². The van der Waals surface area contributed by atoms with Gasteiger partial charge < -0.3 is 9.62 Å². The van der Waals surface area contributed by atoms with Gasteiger partial charge in [0.1, 0.15) is 11.3 Å². The van der Waals surface area contributed by atoms with E-state index in [0.717, 1.165) is 12.1 Å². The standard InChI is InChI=1S/C14H8F3NO2/c15-14(16,17)11-3-1-2-9(6-11)13-7-10-8-18(19)5-4-12(10)20-13/h1-8H. The van der Waals surface area contributed by atoms with Gasteiger partial charge >= 0.3 is 6.18 Å². The summed E-state index contributed by atoms with van der Waals surface area (Å²) in [5, 5.41) is 11.7. The second-order valence-electron chi connectivity index (χ2n) is 4.31. The van der Waals surface area contributed by atoms with Crippen LogP contribution in [0.2, 0.25) is 0 Å². The Labute approximate surface area is 111 Å². The van der Waals surface area contributed by atoms with Crippen molar-refractivity contribution in [1.29, 1.82) is 0 Å². The molecule has 2 heterocycles. The maximum atomic E-state index is 12.7. The Balaban J connectivity index is 2.11. The molecule has 0 fully saturated rings. The van der Waals surface area contributed by atoms with Crippen LogP contribution in [0.5, 0.6) is 0 Å². The normalized spacial score (nSPS) is 11.9. The third kappa shape index (κ3) is 2.20. The van der Waals surface area contributed by atoms with Gasteiger partial charge in [-0.1, -0.05) is 12.1 Å². The van der Waals surface area contributed by atoms with Crippen LogP contribution >= 0.6 is 0 Å². The van der Waals surface area contributed by atoms with Gasteiger partial charge in [-0.2, -0.15) is 17.9 Å². The Morgan fingerprint density at radius 1 is 1.10 bits per heavy atom. The minimum atomic E-state index is -4.40. The SMILES string of the molecule is [O-][n+]1ccc2oc(-c3cccc(C(F)(F)F)c3)cc2c1. The van der Waals surface area contributed by atoms with Crippen molar-refractivity contribution >= 4 is 11.0 Å². The predicted molar refractivity (Wildman–Crippen MR) is 65.6 cm³/mol. The molecule has 3 rings (SSSR count). The first-order valence-electron chi connectivity index (χ1n) is 5.73. The van der Waals surface area contributed by atoms with Gasteiger partial charge in [-0.25, -0.2) is 0 Å². The van der Waals surface area contributed by atoms with Gasteiger partial charge in [-0.3, -0.25) is 0 Å². The van der Waals surface area contributed by atoms with E-state index in [4.69, 9.17) is 4.42 Å². The lowest BCUT2D eigenvalue weighted by molar-refractivity contribution is -0.603. The summed E-state index contributed by atoms with van der Waals surface area (Å²) in [6.45, 7) is 0. The minimum absolute atomic E-state index is 0.289. The number of aromatic nitrogens is 1. The molecule has 102 valence electrons. The summed E-state index contributed by atoms with van der Waals surface area (Å²) in [5.41, 5.74) is 0.0207. The van der Waals surface area contributed by atoms with Crippen molar-refractivity contribution in [2.24, 2.45) is 0 Å². The number of rotatable bonds is 1. The predicted octanol–water partition coefficient (Wildman–Crippen LogP) is 3.75. The molecular weight excluding hydrogens is 271 g/mol. The molecule has 0 saturated heterocycles. The second kappa shape index (κ2) is 4.26. The number of benzene rings is 1. The van der Waals surface area contributed by atoms with E-state index in [1.165, 1.54) is 30.6 Å². The highest BCUT2D eigenvalue weighted by molar-refractivity contribution is 5.81. The Hall–Kier alpha value is -2.50. The quantitative estimate of drug-likeness (QED) is 0.502. The Morgan fingerprint density at radius 2 is 1.90 bits per heavy atom. The molecule has 20 heavy (non-hydrogen) atoms. The maximum Gasteiger partial charge on any atom is 0.416 e. The van der Waals surface area contributed by atoms with E-state index in [9.17, 15) is 18.4 Å². The third-order valence-corrected chi connectivity index (χ3v) is 2.90. The Bertz CT molecular complexity index is 777. The monoisotopic (exact) mass is 279 g/mol. The van der Waals surface area contributed by atoms with E-state index in [2.05, 4.69) is 0 Å². The molecule has 0 spiro atoms. The van der Waals surface area contributed by atoms with Crippen molar-refractivity contribution in [3.05, 3.63) is 59.6 Å². The summed E-state index contributed by atoms with van der Waals surface area (Å²) >= 11 is 0. The average molecular weight is 279 g/mol. The summed E-state index contributed by atoms with van der Waals surface area (Å²) in [4.78, 5) is 0. The largest absolute Gasteiger partial charge is 0.619 e. The molecule has 1 aromatic carbocycles. The van der Waals surface area contributed by atoms with Crippen LogP contribution in [0.25, 0.3) is 22.3 Å². The molecule has 0 bridgehead atoms. The first kappa shape index (κ1) is 12.5. The number of pyridine rings is 1. The van der Waals surface area contributed by atoms with Gasteiger partial charge in [0.25, 0.3) is 0 Å². The highest BCUT2D eigenvalue weighted by Gasteiger charge is 2.30. The summed E-state index contributed by atoms with van der Waals surface area (Å²) in [6, 6.07) is 7.87. The molecule has 0 N–H and O–H groups in total.